The van der Waals surface area contributed by atoms with Crippen molar-refractivity contribution < 1.29 is 18.0 Å². The molecule has 0 saturated carbocycles. The van der Waals surface area contributed by atoms with Crippen LogP contribution in [0.1, 0.15) is 36.4 Å². The number of amides is 1. The summed E-state index contributed by atoms with van der Waals surface area (Å²) >= 11 is 1.36. The molecule has 0 atom stereocenters. The Morgan fingerprint density at radius 3 is 2.63 bits per heavy atom. The summed E-state index contributed by atoms with van der Waals surface area (Å²) < 4.78 is 23.2. The molecule has 5 nitrogen and oxygen atoms in total. The Morgan fingerprint density at radius 1 is 1.42 bits per heavy atom. The van der Waals surface area contributed by atoms with E-state index in [4.69, 9.17) is 0 Å². The van der Waals surface area contributed by atoms with Crippen LogP contribution in [0.3, 0.4) is 0 Å². The number of carbonyl (C=O) groups is 2. The minimum Gasteiger partial charge on any atom is -0.293 e. The maximum atomic E-state index is 11.8. The quantitative estimate of drug-likeness (QED) is 0.775. The molecule has 1 amide bonds. The molecule has 0 spiro atoms. The van der Waals surface area contributed by atoms with Crippen molar-refractivity contribution in [2.75, 3.05) is 6.54 Å². The average molecular weight is 301 g/mol. The number of hydrogen-bond donors (Lipinski definition) is 0. The van der Waals surface area contributed by atoms with E-state index in [1.54, 1.807) is 12.1 Å². The van der Waals surface area contributed by atoms with E-state index in [9.17, 15) is 18.0 Å². The van der Waals surface area contributed by atoms with Crippen molar-refractivity contribution in [2.24, 2.45) is 0 Å². The second-order valence-electron chi connectivity index (χ2n) is 4.90. The Hall–Kier alpha value is -1.21. The van der Waals surface area contributed by atoms with E-state index in [2.05, 4.69) is 0 Å². The van der Waals surface area contributed by atoms with Gasteiger partial charge in [-0.25, -0.2) is 12.7 Å². The van der Waals surface area contributed by atoms with Crippen molar-refractivity contribution >= 4 is 33.1 Å². The van der Waals surface area contributed by atoms with Crippen LogP contribution in [-0.2, 0) is 14.8 Å². The summed E-state index contributed by atoms with van der Waals surface area (Å²) in [5.74, 6) is -0.407. The van der Waals surface area contributed by atoms with Crippen LogP contribution >= 0.6 is 11.3 Å². The Bertz CT molecular complexity index is 602. The highest BCUT2D eigenvalue weighted by molar-refractivity contribution is 7.94. The molecule has 2 rings (SSSR count). The van der Waals surface area contributed by atoms with Crippen LogP contribution in [0, 0.1) is 0 Å². The summed E-state index contributed by atoms with van der Waals surface area (Å²) in [5.41, 5.74) is 0. The average Bonchev–Trinajstić information content (AvgIpc) is 2.86. The molecule has 0 unspecified atom stereocenters. The normalized spacial score (nSPS) is 20.1. The minimum absolute atomic E-state index is 0.0142. The molecule has 104 valence electrons. The van der Waals surface area contributed by atoms with Gasteiger partial charge in [0.25, 0.3) is 15.9 Å². The number of carbonyl (C=O) groups excluding carboxylic acids is 2. The first-order valence-corrected chi connectivity index (χ1v) is 8.24. The van der Waals surface area contributed by atoms with Gasteiger partial charge in [-0.15, -0.1) is 11.3 Å². The van der Waals surface area contributed by atoms with E-state index in [0.29, 0.717) is 11.3 Å². The zero-order chi connectivity index (χ0) is 14.3. The third kappa shape index (κ3) is 2.21. The van der Waals surface area contributed by atoms with Crippen LogP contribution in [0.25, 0.3) is 0 Å². The monoisotopic (exact) mass is 301 g/mol. The molecular weight excluding hydrogens is 286 g/mol. The zero-order valence-corrected chi connectivity index (χ0v) is 12.4. The second-order valence-corrected chi connectivity index (χ2v) is 8.26. The topological polar surface area (TPSA) is 71.5 Å². The molecule has 1 aliphatic heterocycles. The van der Waals surface area contributed by atoms with Gasteiger partial charge in [0.05, 0.1) is 4.88 Å². The number of ketones is 1. The molecule has 1 aromatic rings. The summed E-state index contributed by atoms with van der Waals surface area (Å²) in [5, 5.41) is 1.82. The molecule has 0 bridgehead atoms. The predicted molar refractivity (Wildman–Crippen MR) is 72.6 cm³/mol. The first kappa shape index (κ1) is 14.2. The van der Waals surface area contributed by atoms with Gasteiger partial charge in [-0.05, 0) is 31.7 Å². The first-order chi connectivity index (χ1) is 8.78. The highest BCUT2D eigenvalue weighted by Crippen LogP contribution is 2.34. The lowest BCUT2D eigenvalue weighted by Gasteiger charge is -2.43. The van der Waals surface area contributed by atoms with Crippen LogP contribution in [0.2, 0.25) is 0 Å². The number of nitrogens with zero attached hydrogens (tertiary/aromatic N) is 1. The van der Waals surface area contributed by atoms with Crippen molar-refractivity contribution in [1.29, 1.82) is 0 Å². The van der Waals surface area contributed by atoms with Crippen molar-refractivity contribution in [3.8, 4) is 0 Å². The third-order valence-electron chi connectivity index (χ3n) is 3.24. The van der Waals surface area contributed by atoms with Crippen LogP contribution in [0.15, 0.2) is 17.5 Å². The molecule has 1 fully saturated rings. The fraction of sp³-hybridized carbons (Fsp3) is 0.500. The molecule has 0 aliphatic carbocycles. The zero-order valence-electron chi connectivity index (χ0n) is 10.8. The molecule has 1 aliphatic rings. The summed E-state index contributed by atoms with van der Waals surface area (Å²) in [7, 11) is -3.53. The Kier molecular flexibility index (Phi) is 3.53. The van der Waals surface area contributed by atoms with Gasteiger partial charge < -0.3 is 0 Å². The number of sulfonamides is 1. The lowest BCUT2D eigenvalue weighted by molar-refractivity contribution is -0.132. The number of rotatable bonds is 5. The van der Waals surface area contributed by atoms with Crippen LogP contribution in [0.4, 0.5) is 0 Å². The van der Waals surface area contributed by atoms with Gasteiger partial charge >= 0.3 is 0 Å². The van der Waals surface area contributed by atoms with Gasteiger partial charge in [0, 0.05) is 13.0 Å². The maximum Gasteiger partial charge on any atom is 0.258 e. The summed E-state index contributed by atoms with van der Waals surface area (Å²) in [6, 6.07) is 3.53. The lowest BCUT2D eigenvalue weighted by atomic mass is 10.1. The molecule has 0 N–H and O–H groups in total. The maximum absolute atomic E-state index is 11.8. The number of Topliss-reactive ketones (excluding diaryl/α,β-unsaturated/α-hetero) is 1. The van der Waals surface area contributed by atoms with Crippen molar-refractivity contribution in [1.82, 2.24) is 4.31 Å². The third-order valence-corrected chi connectivity index (χ3v) is 6.54. The SMILES string of the molecule is CC1(C)C(=O)N(CCCC(=O)c2cccs2)S1(=O)=O. The number of hydrogen-bond acceptors (Lipinski definition) is 5. The molecule has 1 aromatic heterocycles. The largest absolute Gasteiger partial charge is 0.293 e. The molecule has 2 heterocycles. The molecule has 0 radical (unpaired) electrons. The molecular formula is C12H15NO4S2. The molecule has 1 saturated heterocycles. The number of thiophene rings is 1. The fourth-order valence-corrected chi connectivity index (χ4v) is 4.18. The van der Waals surface area contributed by atoms with E-state index < -0.39 is 20.7 Å². The fourth-order valence-electron chi connectivity index (χ4n) is 1.92. The van der Waals surface area contributed by atoms with E-state index in [1.165, 1.54) is 25.2 Å². The Balaban J connectivity index is 1.88. The van der Waals surface area contributed by atoms with E-state index in [-0.39, 0.29) is 18.7 Å². The van der Waals surface area contributed by atoms with E-state index in [1.807, 2.05) is 5.38 Å². The predicted octanol–water partition coefficient (Wildman–Crippen LogP) is 1.66. The van der Waals surface area contributed by atoms with Crippen LogP contribution in [-0.4, -0.2) is 35.7 Å². The summed E-state index contributed by atoms with van der Waals surface area (Å²) in [6.45, 7) is 2.89. The van der Waals surface area contributed by atoms with Gasteiger partial charge in [-0.2, -0.15) is 0 Å². The standard InChI is InChI=1S/C12H15NO4S2/c1-12(2)11(15)13(19(12,16)17)7-3-5-9(14)10-6-4-8-18-10/h4,6,8H,3,5,7H2,1-2H3. The van der Waals surface area contributed by atoms with Crippen LogP contribution < -0.4 is 0 Å². The molecule has 19 heavy (non-hydrogen) atoms. The first-order valence-electron chi connectivity index (χ1n) is 5.92. The van der Waals surface area contributed by atoms with Gasteiger partial charge in [-0.3, -0.25) is 9.59 Å². The molecule has 7 heteroatoms. The van der Waals surface area contributed by atoms with E-state index in [0.717, 1.165) is 4.31 Å². The second kappa shape index (κ2) is 4.72. The Labute approximate surface area is 116 Å². The van der Waals surface area contributed by atoms with Crippen molar-refractivity contribution in [2.45, 2.75) is 31.4 Å². The van der Waals surface area contributed by atoms with Crippen LogP contribution in [0.5, 0.6) is 0 Å². The minimum atomic E-state index is -3.53. The van der Waals surface area contributed by atoms with Gasteiger partial charge in [0.15, 0.2) is 10.5 Å². The summed E-state index contributed by atoms with van der Waals surface area (Å²) in [4.78, 5) is 24.1. The van der Waals surface area contributed by atoms with Gasteiger partial charge in [0.2, 0.25) is 0 Å². The summed E-state index contributed by atoms with van der Waals surface area (Å²) in [6.07, 6.45) is 0.609. The van der Waals surface area contributed by atoms with Crippen molar-refractivity contribution in [3.05, 3.63) is 22.4 Å². The Morgan fingerprint density at radius 2 is 2.11 bits per heavy atom. The van der Waals surface area contributed by atoms with Gasteiger partial charge in [0.1, 0.15) is 0 Å². The highest BCUT2D eigenvalue weighted by Gasteiger charge is 2.59. The smallest absolute Gasteiger partial charge is 0.258 e. The van der Waals surface area contributed by atoms with Gasteiger partial charge in [-0.1, -0.05) is 6.07 Å². The van der Waals surface area contributed by atoms with Crippen molar-refractivity contribution in [3.63, 3.8) is 0 Å². The lowest BCUT2D eigenvalue weighted by Crippen LogP contribution is -2.67. The molecule has 0 aromatic carbocycles. The van der Waals surface area contributed by atoms with E-state index >= 15 is 0 Å². The highest BCUT2D eigenvalue weighted by atomic mass is 32.2.